The number of rotatable bonds is 5. The van der Waals surface area contributed by atoms with Gasteiger partial charge in [0.15, 0.2) is 17.3 Å². The summed E-state index contributed by atoms with van der Waals surface area (Å²) in [6, 6.07) is 10.5. The molecule has 3 N–H and O–H groups in total. The predicted octanol–water partition coefficient (Wildman–Crippen LogP) is 1.98. The van der Waals surface area contributed by atoms with Gasteiger partial charge >= 0.3 is 5.97 Å². The zero-order chi connectivity index (χ0) is 21.7. The Morgan fingerprint density at radius 2 is 1.97 bits per heavy atom. The van der Waals surface area contributed by atoms with Gasteiger partial charge < -0.3 is 24.9 Å². The molecule has 3 heterocycles. The summed E-state index contributed by atoms with van der Waals surface area (Å²) >= 11 is 0. The second kappa shape index (κ2) is 6.98. The summed E-state index contributed by atoms with van der Waals surface area (Å²) < 4.78 is 12.6. The largest absolute Gasteiger partial charge is 0.481 e. The third-order valence-corrected chi connectivity index (χ3v) is 5.42. The van der Waals surface area contributed by atoms with Crippen LogP contribution < -0.4 is 15.2 Å². The highest BCUT2D eigenvalue weighted by Crippen LogP contribution is 2.36. The molecule has 156 valence electrons. The van der Waals surface area contributed by atoms with Crippen LogP contribution in [0, 0.1) is 0 Å². The molecule has 1 amide bonds. The highest BCUT2D eigenvalue weighted by atomic mass is 16.7. The van der Waals surface area contributed by atoms with Crippen LogP contribution in [0.5, 0.6) is 11.5 Å². The number of carboxylic acids is 1. The average molecular weight is 419 g/mol. The number of aromatic nitrogens is 1. The van der Waals surface area contributed by atoms with Gasteiger partial charge in [-0.15, -0.1) is 0 Å². The zero-order valence-electron chi connectivity index (χ0n) is 16.3. The number of nitrogens with two attached hydrogens (primary N) is 1. The van der Waals surface area contributed by atoms with Crippen LogP contribution in [0.1, 0.15) is 38.4 Å². The van der Waals surface area contributed by atoms with Crippen molar-refractivity contribution in [2.45, 2.75) is 13.0 Å². The van der Waals surface area contributed by atoms with Gasteiger partial charge in [0.25, 0.3) is 0 Å². The summed E-state index contributed by atoms with van der Waals surface area (Å²) in [5.41, 5.74) is 8.22. The van der Waals surface area contributed by atoms with Gasteiger partial charge in [0, 0.05) is 17.5 Å². The molecule has 2 aliphatic heterocycles. The van der Waals surface area contributed by atoms with Gasteiger partial charge in [0.05, 0.1) is 28.9 Å². The van der Waals surface area contributed by atoms with Crippen LogP contribution in [0.2, 0.25) is 0 Å². The Morgan fingerprint density at radius 3 is 2.74 bits per heavy atom. The fourth-order valence-corrected chi connectivity index (χ4v) is 4.17. The smallest absolute Gasteiger partial charge is 0.309 e. The number of nitrogens with zero attached hydrogens (tertiary/aromatic N) is 2. The van der Waals surface area contributed by atoms with Crippen LogP contribution >= 0.6 is 0 Å². The molecule has 0 saturated heterocycles. The topological polar surface area (TPSA) is 133 Å². The average Bonchev–Trinajstić information content (AvgIpc) is 3.33. The fraction of sp³-hybridized carbons (Fsp3) is 0.182. The van der Waals surface area contributed by atoms with Crippen molar-refractivity contribution in [1.82, 2.24) is 4.57 Å². The monoisotopic (exact) mass is 419 g/mol. The van der Waals surface area contributed by atoms with Crippen LogP contribution in [-0.4, -0.2) is 46.4 Å². The number of hydrogen-bond acceptors (Lipinski definition) is 6. The lowest BCUT2D eigenvalue weighted by molar-refractivity contribution is -0.135. The van der Waals surface area contributed by atoms with E-state index in [1.165, 1.54) is 0 Å². The molecule has 0 bridgehead atoms. The van der Waals surface area contributed by atoms with Crippen molar-refractivity contribution in [3.8, 4) is 11.5 Å². The van der Waals surface area contributed by atoms with Crippen molar-refractivity contribution in [3.63, 3.8) is 0 Å². The Hall–Kier alpha value is -4.14. The van der Waals surface area contributed by atoms with E-state index in [9.17, 15) is 19.5 Å². The summed E-state index contributed by atoms with van der Waals surface area (Å²) in [7, 11) is 0. The molecule has 9 heteroatoms. The number of carbonyl (C=O) groups is 3. The molecule has 0 radical (unpaired) electrons. The first-order chi connectivity index (χ1) is 14.9. The van der Waals surface area contributed by atoms with E-state index in [-0.39, 0.29) is 42.4 Å². The number of aliphatic carboxylic acids is 1. The quantitative estimate of drug-likeness (QED) is 0.650. The number of amides is 1. The van der Waals surface area contributed by atoms with E-state index in [0.29, 0.717) is 34.6 Å². The molecule has 0 saturated carbocycles. The SMILES string of the molecule is NC(=O)c1cccc2c1c1c(n2Cc2ccc3c(c2)OCO3)C(CC(=O)O)=NCC1=O. The highest BCUT2D eigenvalue weighted by Gasteiger charge is 2.32. The number of ether oxygens (including phenoxy) is 2. The number of ketones is 1. The zero-order valence-corrected chi connectivity index (χ0v) is 16.3. The molecule has 2 aromatic carbocycles. The van der Waals surface area contributed by atoms with E-state index < -0.39 is 11.9 Å². The van der Waals surface area contributed by atoms with Crippen LogP contribution in [0.3, 0.4) is 0 Å². The Morgan fingerprint density at radius 1 is 1.16 bits per heavy atom. The van der Waals surface area contributed by atoms with E-state index in [1.807, 2.05) is 16.7 Å². The van der Waals surface area contributed by atoms with E-state index >= 15 is 0 Å². The molecular weight excluding hydrogens is 402 g/mol. The molecule has 9 nitrogen and oxygen atoms in total. The van der Waals surface area contributed by atoms with Gasteiger partial charge in [-0.25, -0.2) is 0 Å². The van der Waals surface area contributed by atoms with Crippen molar-refractivity contribution in [1.29, 1.82) is 0 Å². The lowest BCUT2D eigenvalue weighted by Gasteiger charge is -2.16. The minimum absolute atomic E-state index is 0.145. The van der Waals surface area contributed by atoms with Crippen molar-refractivity contribution < 1.29 is 29.0 Å². The Balaban J connectivity index is 1.76. The summed E-state index contributed by atoms with van der Waals surface area (Å²) in [5, 5.41) is 9.81. The number of hydrogen-bond donors (Lipinski definition) is 2. The van der Waals surface area contributed by atoms with E-state index in [1.54, 1.807) is 24.3 Å². The Kier molecular flexibility index (Phi) is 4.25. The molecule has 0 spiro atoms. The standard InChI is InChI=1S/C22H17N3O6/c23-22(29)12-2-1-3-14-19(12)20-15(26)8-24-13(7-18(27)28)21(20)25(14)9-11-4-5-16-17(6-11)31-10-30-16/h1-6H,7-10H2,(H2,23,29)(H,27,28). The Bertz CT molecular complexity index is 1320. The van der Waals surface area contributed by atoms with Gasteiger partial charge in [-0.3, -0.25) is 19.4 Å². The molecule has 0 unspecified atom stereocenters. The second-order valence-corrected chi connectivity index (χ2v) is 7.32. The second-order valence-electron chi connectivity index (χ2n) is 7.32. The third kappa shape index (κ3) is 3.02. The third-order valence-electron chi connectivity index (χ3n) is 5.42. The van der Waals surface area contributed by atoms with Crippen LogP contribution in [-0.2, 0) is 11.3 Å². The van der Waals surface area contributed by atoms with Gasteiger partial charge in [0.1, 0.15) is 6.54 Å². The van der Waals surface area contributed by atoms with Crippen LogP contribution in [0.15, 0.2) is 41.4 Å². The van der Waals surface area contributed by atoms with Gasteiger partial charge in [-0.2, -0.15) is 0 Å². The number of Topliss-reactive ketones (excluding diaryl/α,β-unsaturated/α-hetero) is 1. The van der Waals surface area contributed by atoms with Crippen molar-refractivity contribution in [2.24, 2.45) is 10.7 Å². The van der Waals surface area contributed by atoms with E-state index in [4.69, 9.17) is 15.2 Å². The van der Waals surface area contributed by atoms with Gasteiger partial charge in [-0.05, 0) is 29.8 Å². The summed E-state index contributed by atoms with van der Waals surface area (Å²) in [6.45, 7) is 0.273. The van der Waals surface area contributed by atoms with Gasteiger partial charge in [-0.1, -0.05) is 12.1 Å². The summed E-state index contributed by atoms with van der Waals surface area (Å²) in [6.07, 6.45) is -0.344. The number of carboxylic acid groups (broad SMARTS) is 1. The number of primary amides is 1. The maximum Gasteiger partial charge on any atom is 0.309 e. The fourth-order valence-electron chi connectivity index (χ4n) is 4.17. The summed E-state index contributed by atoms with van der Waals surface area (Å²) in [4.78, 5) is 40.7. The lowest BCUT2D eigenvalue weighted by atomic mass is 9.96. The summed E-state index contributed by atoms with van der Waals surface area (Å²) in [5.74, 6) is -0.760. The maximum absolute atomic E-state index is 12.9. The van der Waals surface area contributed by atoms with E-state index in [0.717, 1.165) is 5.56 Å². The molecule has 1 aromatic heterocycles. The number of benzene rings is 2. The van der Waals surface area contributed by atoms with Crippen molar-refractivity contribution >= 4 is 34.3 Å². The molecule has 0 fully saturated rings. The van der Waals surface area contributed by atoms with E-state index in [2.05, 4.69) is 4.99 Å². The predicted molar refractivity (Wildman–Crippen MR) is 110 cm³/mol. The highest BCUT2D eigenvalue weighted by molar-refractivity contribution is 6.26. The molecule has 0 atom stereocenters. The molecule has 3 aromatic rings. The van der Waals surface area contributed by atoms with Crippen LogP contribution in [0.25, 0.3) is 10.9 Å². The Labute approximate surface area is 175 Å². The first kappa shape index (κ1) is 18.9. The number of aliphatic imine (C=N–C) groups is 1. The minimum Gasteiger partial charge on any atom is -0.481 e. The number of fused-ring (bicyclic) bond motifs is 4. The maximum atomic E-state index is 12.9. The lowest BCUT2D eigenvalue weighted by Crippen LogP contribution is -2.24. The molecule has 2 aliphatic rings. The minimum atomic E-state index is -1.06. The molecule has 5 rings (SSSR count). The first-order valence-corrected chi connectivity index (χ1v) is 9.56. The van der Waals surface area contributed by atoms with Crippen LogP contribution in [0.4, 0.5) is 0 Å². The molecule has 0 aliphatic carbocycles. The van der Waals surface area contributed by atoms with Gasteiger partial charge in [0.2, 0.25) is 12.7 Å². The van der Waals surface area contributed by atoms with Crippen molar-refractivity contribution in [2.75, 3.05) is 13.3 Å². The van der Waals surface area contributed by atoms with Crippen molar-refractivity contribution in [3.05, 3.63) is 58.8 Å². The molecule has 31 heavy (non-hydrogen) atoms. The molecular formula is C22H17N3O6. The number of carbonyl (C=O) groups excluding carboxylic acids is 2. The normalized spacial score (nSPS) is 14.5. The first-order valence-electron chi connectivity index (χ1n) is 9.56.